The first-order valence-corrected chi connectivity index (χ1v) is 10.5. The molecule has 3 aromatic rings. The van der Waals surface area contributed by atoms with E-state index in [1.54, 1.807) is 17.6 Å². The van der Waals surface area contributed by atoms with Crippen molar-refractivity contribution in [3.05, 3.63) is 70.9 Å². The molecule has 0 aliphatic carbocycles. The van der Waals surface area contributed by atoms with Gasteiger partial charge in [0.15, 0.2) is 0 Å². The minimum atomic E-state index is -0.511. The third kappa shape index (κ3) is 3.98. The van der Waals surface area contributed by atoms with Gasteiger partial charge in [-0.2, -0.15) is 0 Å². The summed E-state index contributed by atoms with van der Waals surface area (Å²) >= 11 is 0. The number of carbonyl (C=O) groups is 1. The molecule has 1 aliphatic rings. The summed E-state index contributed by atoms with van der Waals surface area (Å²) in [6.07, 6.45) is 2.80. The van der Waals surface area contributed by atoms with Crippen molar-refractivity contribution in [1.29, 1.82) is 0 Å². The maximum Gasteiger partial charge on any atom is 0.274 e. The molecule has 1 aromatic heterocycles. The first kappa shape index (κ1) is 20.6. The fourth-order valence-corrected chi connectivity index (χ4v) is 4.65. The van der Waals surface area contributed by atoms with Crippen LogP contribution in [0.15, 0.2) is 48.5 Å². The number of fused-ring (bicyclic) bond motifs is 1. The first-order valence-electron chi connectivity index (χ1n) is 10.5. The zero-order valence-electron chi connectivity index (χ0n) is 17.3. The lowest BCUT2D eigenvalue weighted by Crippen LogP contribution is -2.33. The van der Waals surface area contributed by atoms with Crippen molar-refractivity contribution in [2.75, 3.05) is 19.8 Å². The fraction of sp³-hybridized carbons (Fsp3) is 0.375. The Kier molecular flexibility index (Phi) is 6.16. The third-order valence-electron chi connectivity index (χ3n) is 6.35. The number of benzene rings is 2. The fourth-order valence-electron chi connectivity index (χ4n) is 4.65. The van der Waals surface area contributed by atoms with Crippen LogP contribution >= 0.6 is 0 Å². The zero-order chi connectivity index (χ0) is 21.1. The number of hydroxylamine groups is 1. The van der Waals surface area contributed by atoms with Crippen LogP contribution in [-0.4, -0.2) is 46.4 Å². The summed E-state index contributed by atoms with van der Waals surface area (Å²) in [5, 5.41) is 10.0. The quantitative estimate of drug-likeness (QED) is 0.456. The number of hydrogen-bond acceptors (Lipinski definition) is 3. The number of amides is 1. The Bertz CT molecular complexity index is 1030. The number of carbonyl (C=O) groups excluding carboxylic acids is 1. The van der Waals surface area contributed by atoms with E-state index >= 15 is 0 Å². The Hall–Kier alpha value is -2.70. The van der Waals surface area contributed by atoms with Crippen LogP contribution in [0.5, 0.6) is 0 Å². The molecule has 30 heavy (non-hydrogen) atoms. The lowest BCUT2D eigenvalue weighted by atomic mass is 10.0. The largest absolute Gasteiger partial charge is 0.343 e. The predicted molar refractivity (Wildman–Crippen MR) is 116 cm³/mol. The van der Waals surface area contributed by atoms with Gasteiger partial charge >= 0.3 is 0 Å². The second-order valence-electron chi connectivity index (χ2n) is 8.03. The maximum atomic E-state index is 13.3. The molecule has 158 valence electrons. The molecule has 1 atom stereocenters. The van der Waals surface area contributed by atoms with E-state index < -0.39 is 5.91 Å². The van der Waals surface area contributed by atoms with Gasteiger partial charge < -0.3 is 4.57 Å². The van der Waals surface area contributed by atoms with E-state index in [0.717, 1.165) is 44.5 Å². The number of likely N-dealkylation sites (tertiary alicyclic amines) is 1. The van der Waals surface area contributed by atoms with E-state index in [-0.39, 0.29) is 12.7 Å². The minimum absolute atomic E-state index is 0.0706. The van der Waals surface area contributed by atoms with Gasteiger partial charge in [-0.25, -0.2) is 9.87 Å². The van der Waals surface area contributed by atoms with Crippen LogP contribution in [0, 0.1) is 6.92 Å². The van der Waals surface area contributed by atoms with Crippen LogP contribution in [-0.2, 0) is 13.0 Å². The average molecular weight is 410 g/mol. The number of aromatic nitrogens is 1. The van der Waals surface area contributed by atoms with Gasteiger partial charge in [0.2, 0.25) is 0 Å². The predicted octanol–water partition coefficient (Wildman–Crippen LogP) is 4.09. The Morgan fingerprint density at radius 1 is 1.17 bits per heavy atom. The van der Waals surface area contributed by atoms with Crippen LogP contribution in [0.3, 0.4) is 0 Å². The molecule has 1 aliphatic heterocycles. The van der Waals surface area contributed by atoms with Crippen molar-refractivity contribution in [2.45, 2.75) is 38.8 Å². The summed E-state index contributed by atoms with van der Waals surface area (Å²) in [6, 6.07) is 15.8. The monoisotopic (exact) mass is 409 g/mol. The van der Waals surface area contributed by atoms with Crippen LogP contribution in [0.4, 0.5) is 4.39 Å². The summed E-state index contributed by atoms with van der Waals surface area (Å²) in [5.41, 5.74) is 6.89. The molecule has 1 saturated heterocycles. The lowest BCUT2D eigenvalue weighted by molar-refractivity contribution is 0.0706. The molecule has 0 spiro atoms. The van der Waals surface area contributed by atoms with Gasteiger partial charge in [0.1, 0.15) is 6.67 Å². The molecular formula is C24H28FN3O2. The number of rotatable bonds is 7. The van der Waals surface area contributed by atoms with Gasteiger partial charge in [0.05, 0.1) is 0 Å². The van der Waals surface area contributed by atoms with E-state index in [2.05, 4.69) is 40.7 Å². The molecule has 0 radical (unpaired) electrons. The van der Waals surface area contributed by atoms with Gasteiger partial charge in [-0.3, -0.25) is 14.9 Å². The van der Waals surface area contributed by atoms with Crippen molar-refractivity contribution >= 4 is 16.8 Å². The van der Waals surface area contributed by atoms with Crippen LogP contribution < -0.4 is 5.48 Å². The van der Waals surface area contributed by atoms with Crippen LogP contribution in [0.2, 0.25) is 0 Å². The highest BCUT2D eigenvalue weighted by Crippen LogP contribution is 2.29. The minimum Gasteiger partial charge on any atom is -0.343 e. The molecule has 1 amide bonds. The Morgan fingerprint density at radius 2 is 1.93 bits per heavy atom. The normalized spacial score (nSPS) is 17.0. The van der Waals surface area contributed by atoms with E-state index in [1.165, 1.54) is 22.2 Å². The van der Waals surface area contributed by atoms with E-state index in [9.17, 15) is 9.18 Å². The second-order valence-corrected chi connectivity index (χ2v) is 8.03. The summed E-state index contributed by atoms with van der Waals surface area (Å²) in [6.45, 7) is 4.57. The second kappa shape index (κ2) is 8.98. The Balaban J connectivity index is 1.59. The van der Waals surface area contributed by atoms with Crippen molar-refractivity contribution in [1.82, 2.24) is 14.9 Å². The van der Waals surface area contributed by atoms with Gasteiger partial charge in [0, 0.05) is 41.3 Å². The SMILES string of the molecule is Cc1c(Cc2ccc(C(=O)NO)cc2)c2ccccc2n1CCN1CCCC1CF. The van der Waals surface area contributed by atoms with Crippen molar-refractivity contribution in [3.63, 3.8) is 0 Å². The number of hydrogen-bond donors (Lipinski definition) is 2. The standard InChI is InChI=1S/C24H28FN3O2/c1-17-22(15-18-8-10-19(11-9-18)24(29)26-30)21-6-2-3-7-23(21)28(17)14-13-27-12-4-5-20(27)16-25/h2-3,6-11,20,30H,4-5,12-16H2,1H3,(H,26,29). The molecule has 2 heterocycles. The highest BCUT2D eigenvalue weighted by molar-refractivity contribution is 5.93. The van der Waals surface area contributed by atoms with Crippen LogP contribution in [0.1, 0.15) is 40.0 Å². The Morgan fingerprint density at radius 3 is 2.67 bits per heavy atom. The number of halogens is 1. The average Bonchev–Trinajstić information content (AvgIpc) is 3.35. The van der Waals surface area contributed by atoms with Gasteiger partial charge in [-0.05, 0) is 62.1 Å². The van der Waals surface area contributed by atoms with E-state index in [4.69, 9.17) is 5.21 Å². The molecule has 0 bridgehead atoms. The molecule has 2 N–H and O–H groups in total. The molecule has 6 heteroatoms. The summed E-state index contributed by atoms with van der Waals surface area (Å²) in [5.74, 6) is -0.511. The van der Waals surface area contributed by atoms with E-state index in [0.29, 0.717) is 5.56 Å². The zero-order valence-corrected chi connectivity index (χ0v) is 17.3. The molecule has 2 aromatic carbocycles. The molecule has 1 fully saturated rings. The van der Waals surface area contributed by atoms with Gasteiger partial charge in [0.25, 0.3) is 5.91 Å². The topological polar surface area (TPSA) is 57.5 Å². The maximum absolute atomic E-state index is 13.3. The third-order valence-corrected chi connectivity index (χ3v) is 6.35. The number of nitrogens with one attached hydrogen (secondary N) is 1. The van der Waals surface area contributed by atoms with Crippen LogP contribution in [0.25, 0.3) is 10.9 Å². The molecule has 1 unspecified atom stereocenters. The highest BCUT2D eigenvalue weighted by Gasteiger charge is 2.24. The summed E-state index contributed by atoms with van der Waals surface area (Å²) < 4.78 is 15.6. The van der Waals surface area contributed by atoms with Crippen molar-refractivity contribution < 1.29 is 14.4 Å². The number of para-hydroxylation sites is 1. The highest BCUT2D eigenvalue weighted by atomic mass is 19.1. The smallest absolute Gasteiger partial charge is 0.274 e. The van der Waals surface area contributed by atoms with Crippen molar-refractivity contribution in [3.8, 4) is 0 Å². The van der Waals surface area contributed by atoms with Gasteiger partial charge in [-0.15, -0.1) is 0 Å². The number of nitrogens with zero attached hydrogens (tertiary/aromatic N) is 2. The molecule has 0 saturated carbocycles. The number of alkyl halides is 1. The lowest BCUT2D eigenvalue weighted by Gasteiger charge is -2.23. The molecular weight excluding hydrogens is 381 g/mol. The summed E-state index contributed by atoms with van der Waals surface area (Å²) in [7, 11) is 0. The van der Waals surface area contributed by atoms with Gasteiger partial charge in [-0.1, -0.05) is 30.3 Å². The summed E-state index contributed by atoms with van der Waals surface area (Å²) in [4.78, 5) is 13.8. The molecule has 5 nitrogen and oxygen atoms in total. The first-order chi connectivity index (χ1) is 14.6. The Labute approximate surface area is 176 Å². The van der Waals surface area contributed by atoms with E-state index in [1.807, 2.05) is 12.1 Å². The van der Waals surface area contributed by atoms with Crippen molar-refractivity contribution in [2.24, 2.45) is 0 Å². The molecule has 4 rings (SSSR count).